The van der Waals surface area contributed by atoms with Crippen LogP contribution in [-0.4, -0.2) is 27.9 Å². The minimum atomic E-state index is 0.329. The summed E-state index contributed by atoms with van der Waals surface area (Å²) in [6, 6.07) is 0.394. The lowest BCUT2D eigenvalue weighted by Crippen LogP contribution is -2.36. The van der Waals surface area contributed by atoms with Gasteiger partial charge < -0.3 is 5.32 Å². The van der Waals surface area contributed by atoms with E-state index in [9.17, 15) is 0 Å². The summed E-state index contributed by atoms with van der Waals surface area (Å²) < 4.78 is 2.06. The second-order valence-corrected chi connectivity index (χ2v) is 6.10. The Morgan fingerprint density at radius 3 is 2.78 bits per heavy atom. The van der Waals surface area contributed by atoms with Crippen LogP contribution in [0.1, 0.15) is 52.4 Å². The lowest BCUT2D eigenvalue weighted by atomic mass is 9.81. The molecule has 1 aromatic rings. The van der Waals surface area contributed by atoms with E-state index >= 15 is 0 Å². The molecule has 1 fully saturated rings. The highest BCUT2D eigenvalue weighted by Gasteiger charge is 2.42. The molecule has 1 N–H and O–H groups in total. The van der Waals surface area contributed by atoms with Crippen LogP contribution in [0.15, 0.2) is 6.33 Å². The maximum absolute atomic E-state index is 4.46. The van der Waals surface area contributed by atoms with Crippen molar-refractivity contribution in [3.05, 3.63) is 12.2 Å². The molecule has 1 heterocycles. The van der Waals surface area contributed by atoms with Crippen LogP contribution in [0.4, 0.5) is 0 Å². The Morgan fingerprint density at radius 2 is 2.22 bits per heavy atom. The molecule has 102 valence electrons. The van der Waals surface area contributed by atoms with E-state index in [-0.39, 0.29) is 0 Å². The summed E-state index contributed by atoms with van der Waals surface area (Å²) in [5.74, 6) is 1.99. The smallest absolute Gasteiger partial charge is 0.138 e. The highest BCUT2D eigenvalue weighted by Crippen LogP contribution is 2.46. The second-order valence-electron chi connectivity index (χ2n) is 6.10. The van der Waals surface area contributed by atoms with Gasteiger partial charge in [-0.3, -0.25) is 0 Å². The Bertz CT molecular complexity index is 381. The molecule has 1 atom stereocenters. The van der Waals surface area contributed by atoms with Gasteiger partial charge >= 0.3 is 0 Å². The first-order valence-electron chi connectivity index (χ1n) is 7.16. The van der Waals surface area contributed by atoms with Crippen molar-refractivity contribution in [2.24, 2.45) is 11.3 Å². The fourth-order valence-electron chi connectivity index (χ4n) is 2.74. The van der Waals surface area contributed by atoms with Gasteiger partial charge in [0.05, 0.1) is 0 Å². The molecule has 0 bridgehead atoms. The van der Waals surface area contributed by atoms with Crippen molar-refractivity contribution in [1.29, 1.82) is 0 Å². The standard InChI is InChI=1S/C14H26N4/c1-5-15-9-14(4,12-6-7-12)8-13-16-10-17-18(13)11(2)3/h10-12,15H,5-9H2,1-4H3. The van der Waals surface area contributed by atoms with Crippen molar-refractivity contribution >= 4 is 0 Å². The molecule has 0 aromatic carbocycles. The lowest BCUT2D eigenvalue weighted by Gasteiger charge is -2.30. The van der Waals surface area contributed by atoms with Gasteiger partial charge in [-0.15, -0.1) is 0 Å². The van der Waals surface area contributed by atoms with E-state index in [1.807, 2.05) is 0 Å². The summed E-state index contributed by atoms with van der Waals surface area (Å²) in [6.45, 7) is 11.0. The molecule has 18 heavy (non-hydrogen) atoms. The molecule has 1 aromatic heterocycles. The first-order valence-corrected chi connectivity index (χ1v) is 7.16. The number of nitrogens with zero attached hydrogens (tertiary/aromatic N) is 3. The molecule has 1 unspecified atom stereocenters. The molecule has 0 saturated heterocycles. The summed E-state index contributed by atoms with van der Waals surface area (Å²) in [5.41, 5.74) is 0.329. The molecular weight excluding hydrogens is 224 g/mol. The van der Waals surface area contributed by atoms with Crippen LogP contribution in [-0.2, 0) is 6.42 Å². The van der Waals surface area contributed by atoms with Gasteiger partial charge in [0.2, 0.25) is 0 Å². The highest BCUT2D eigenvalue weighted by atomic mass is 15.3. The molecule has 0 spiro atoms. The van der Waals surface area contributed by atoms with Gasteiger partial charge in [0, 0.05) is 19.0 Å². The van der Waals surface area contributed by atoms with Crippen molar-refractivity contribution in [2.45, 2.75) is 53.0 Å². The fourth-order valence-corrected chi connectivity index (χ4v) is 2.74. The Hall–Kier alpha value is -0.900. The van der Waals surface area contributed by atoms with Gasteiger partial charge in [-0.1, -0.05) is 13.8 Å². The number of nitrogens with one attached hydrogen (secondary N) is 1. The average Bonchev–Trinajstić information content (AvgIpc) is 3.08. The predicted molar refractivity (Wildman–Crippen MR) is 73.5 cm³/mol. The molecule has 1 aliphatic carbocycles. The van der Waals surface area contributed by atoms with Gasteiger partial charge in [-0.05, 0) is 44.6 Å². The number of hydrogen-bond donors (Lipinski definition) is 1. The van der Waals surface area contributed by atoms with E-state index < -0.39 is 0 Å². The van der Waals surface area contributed by atoms with E-state index in [1.165, 1.54) is 12.8 Å². The third-order valence-electron chi connectivity index (χ3n) is 4.04. The molecule has 0 radical (unpaired) electrons. The monoisotopic (exact) mass is 250 g/mol. The van der Waals surface area contributed by atoms with Gasteiger partial charge in [-0.25, -0.2) is 9.67 Å². The normalized spacial score (nSPS) is 19.2. The van der Waals surface area contributed by atoms with Crippen molar-refractivity contribution in [3.8, 4) is 0 Å². The van der Waals surface area contributed by atoms with Crippen molar-refractivity contribution in [2.75, 3.05) is 13.1 Å². The molecule has 0 amide bonds. The van der Waals surface area contributed by atoms with Crippen LogP contribution in [0.3, 0.4) is 0 Å². The Morgan fingerprint density at radius 1 is 1.50 bits per heavy atom. The van der Waals surface area contributed by atoms with E-state index in [2.05, 4.69) is 47.8 Å². The number of rotatable bonds is 7. The van der Waals surface area contributed by atoms with Crippen LogP contribution >= 0.6 is 0 Å². The molecule has 0 aliphatic heterocycles. The van der Waals surface area contributed by atoms with Gasteiger partial charge in [0.1, 0.15) is 12.2 Å². The van der Waals surface area contributed by atoms with Gasteiger partial charge in [-0.2, -0.15) is 5.10 Å². The third kappa shape index (κ3) is 2.91. The summed E-state index contributed by atoms with van der Waals surface area (Å²) in [7, 11) is 0. The Balaban J connectivity index is 2.10. The summed E-state index contributed by atoms with van der Waals surface area (Å²) in [5, 5.41) is 7.86. The number of hydrogen-bond acceptors (Lipinski definition) is 3. The zero-order valence-corrected chi connectivity index (χ0v) is 12.1. The minimum absolute atomic E-state index is 0.329. The highest BCUT2D eigenvalue weighted by molar-refractivity contribution is 5.01. The maximum atomic E-state index is 4.46. The Kier molecular flexibility index (Phi) is 4.05. The zero-order chi connectivity index (χ0) is 13.2. The molecular formula is C14H26N4. The van der Waals surface area contributed by atoms with E-state index in [0.717, 1.165) is 31.3 Å². The SMILES string of the molecule is CCNCC(C)(Cc1ncnn1C(C)C)C1CC1. The van der Waals surface area contributed by atoms with E-state index in [0.29, 0.717) is 11.5 Å². The van der Waals surface area contributed by atoms with E-state index in [1.54, 1.807) is 6.33 Å². The molecule has 4 nitrogen and oxygen atoms in total. The van der Waals surface area contributed by atoms with Crippen molar-refractivity contribution < 1.29 is 0 Å². The summed E-state index contributed by atoms with van der Waals surface area (Å²) in [4.78, 5) is 4.46. The third-order valence-corrected chi connectivity index (χ3v) is 4.04. The first kappa shape index (κ1) is 13.5. The van der Waals surface area contributed by atoms with Crippen LogP contribution in [0.25, 0.3) is 0 Å². The van der Waals surface area contributed by atoms with Gasteiger partial charge in [0.25, 0.3) is 0 Å². The quantitative estimate of drug-likeness (QED) is 0.808. The molecule has 4 heteroatoms. The first-order chi connectivity index (χ1) is 8.57. The van der Waals surface area contributed by atoms with Crippen LogP contribution in [0.5, 0.6) is 0 Å². The maximum Gasteiger partial charge on any atom is 0.138 e. The predicted octanol–water partition coefficient (Wildman–Crippen LogP) is 2.43. The summed E-state index contributed by atoms with van der Waals surface area (Å²) >= 11 is 0. The minimum Gasteiger partial charge on any atom is -0.316 e. The van der Waals surface area contributed by atoms with Crippen molar-refractivity contribution in [3.63, 3.8) is 0 Å². The van der Waals surface area contributed by atoms with E-state index in [4.69, 9.17) is 0 Å². The molecule has 1 saturated carbocycles. The Labute approximate surface area is 110 Å². The summed E-state index contributed by atoms with van der Waals surface area (Å²) in [6.07, 6.45) is 5.47. The molecule has 1 aliphatic rings. The van der Waals surface area contributed by atoms with Crippen molar-refractivity contribution in [1.82, 2.24) is 20.1 Å². The van der Waals surface area contributed by atoms with Crippen LogP contribution in [0, 0.1) is 11.3 Å². The number of aromatic nitrogens is 3. The largest absolute Gasteiger partial charge is 0.316 e. The second kappa shape index (κ2) is 5.39. The molecule has 2 rings (SSSR count). The lowest BCUT2D eigenvalue weighted by molar-refractivity contribution is 0.246. The van der Waals surface area contributed by atoms with Crippen LogP contribution in [0.2, 0.25) is 0 Å². The fraction of sp³-hybridized carbons (Fsp3) is 0.857. The average molecular weight is 250 g/mol. The van der Waals surface area contributed by atoms with Gasteiger partial charge in [0.15, 0.2) is 0 Å². The van der Waals surface area contributed by atoms with Crippen LogP contribution < -0.4 is 5.32 Å². The zero-order valence-electron chi connectivity index (χ0n) is 12.1. The topological polar surface area (TPSA) is 42.7 Å².